The Labute approximate surface area is 77.3 Å². The molecule has 0 saturated heterocycles. The van der Waals surface area contributed by atoms with E-state index >= 15 is 0 Å². The molecule has 0 fully saturated rings. The van der Waals surface area contributed by atoms with Crippen LogP contribution < -0.4 is 0 Å². The zero-order valence-electron chi connectivity index (χ0n) is 7.07. The first-order chi connectivity index (χ1) is 6.36. The first kappa shape index (κ1) is 7.87. The molecule has 1 N–H and O–H groups in total. The van der Waals surface area contributed by atoms with Gasteiger partial charge in [0.25, 0.3) is 0 Å². The van der Waals surface area contributed by atoms with E-state index in [4.69, 9.17) is 5.11 Å². The average Bonchev–Trinajstić information content (AvgIpc) is 2.20. The number of hydrogen-bond acceptors (Lipinski definition) is 1. The highest BCUT2D eigenvalue weighted by molar-refractivity contribution is 5.63. The van der Waals surface area contributed by atoms with Crippen molar-refractivity contribution in [2.45, 2.75) is 0 Å². The van der Waals surface area contributed by atoms with Crippen LogP contribution >= 0.6 is 0 Å². The summed E-state index contributed by atoms with van der Waals surface area (Å²) in [5.41, 5.74) is 2.21. The fourth-order valence-corrected chi connectivity index (χ4v) is 1.23. The fraction of sp³-hybridized carbons (Fsp3) is 0. The summed E-state index contributed by atoms with van der Waals surface area (Å²) in [6.45, 7) is 0. The van der Waals surface area contributed by atoms with Gasteiger partial charge in [-0.3, -0.25) is 0 Å². The minimum Gasteiger partial charge on any atom is -0.508 e. The summed E-state index contributed by atoms with van der Waals surface area (Å²) < 4.78 is 0. The lowest BCUT2D eigenvalue weighted by Gasteiger charge is -2.00. The Hall–Kier alpha value is -1.76. The Bertz CT molecular complexity index is 376. The summed E-state index contributed by atoms with van der Waals surface area (Å²) in [6.07, 6.45) is 0. The first-order valence-electron chi connectivity index (χ1n) is 4.12. The van der Waals surface area contributed by atoms with Gasteiger partial charge in [-0.2, -0.15) is 0 Å². The molecule has 0 amide bonds. The predicted molar refractivity (Wildman–Crippen MR) is 52.4 cm³/mol. The Balaban J connectivity index is 2.42. The normalized spacial score (nSPS) is 9.85. The Morgan fingerprint density at radius 1 is 0.923 bits per heavy atom. The van der Waals surface area contributed by atoms with E-state index in [9.17, 15) is 0 Å². The van der Waals surface area contributed by atoms with Crippen LogP contribution in [-0.2, 0) is 0 Å². The third kappa shape index (κ3) is 1.70. The molecule has 2 rings (SSSR count). The molecule has 1 nitrogen and oxygen atoms in total. The Morgan fingerprint density at radius 2 is 1.69 bits per heavy atom. The minimum absolute atomic E-state index is 0.295. The lowest BCUT2D eigenvalue weighted by molar-refractivity contribution is 0.475. The zero-order chi connectivity index (χ0) is 9.10. The molecule has 2 aromatic carbocycles. The third-order valence-corrected chi connectivity index (χ3v) is 1.91. The monoisotopic (exact) mass is 169 g/mol. The van der Waals surface area contributed by atoms with Crippen molar-refractivity contribution in [3.05, 3.63) is 54.6 Å². The van der Waals surface area contributed by atoms with Gasteiger partial charge in [0, 0.05) is 0 Å². The van der Waals surface area contributed by atoms with Crippen molar-refractivity contribution in [3.63, 3.8) is 0 Å². The van der Waals surface area contributed by atoms with E-state index in [0.29, 0.717) is 5.75 Å². The highest BCUT2D eigenvalue weighted by Crippen LogP contribution is 2.20. The van der Waals surface area contributed by atoms with Crippen LogP contribution in [0.1, 0.15) is 0 Å². The van der Waals surface area contributed by atoms with Crippen molar-refractivity contribution < 1.29 is 5.11 Å². The van der Waals surface area contributed by atoms with Crippen LogP contribution in [0.4, 0.5) is 0 Å². The summed E-state index contributed by atoms with van der Waals surface area (Å²) in [4.78, 5) is 0. The molecule has 1 radical (unpaired) electrons. The van der Waals surface area contributed by atoms with Gasteiger partial charge in [0.2, 0.25) is 0 Å². The van der Waals surface area contributed by atoms with Crippen molar-refractivity contribution >= 4 is 0 Å². The molecular weight excluding hydrogens is 160 g/mol. The highest BCUT2D eigenvalue weighted by atomic mass is 16.3. The lowest BCUT2D eigenvalue weighted by atomic mass is 10.1. The van der Waals surface area contributed by atoms with Gasteiger partial charge >= 0.3 is 0 Å². The van der Waals surface area contributed by atoms with Crippen LogP contribution in [0, 0.1) is 6.07 Å². The van der Waals surface area contributed by atoms with E-state index in [1.807, 2.05) is 36.4 Å². The molecule has 0 spiro atoms. The first-order valence-corrected chi connectivity index (χ1v) is 4.12. The van der Waals surface area contributed by atoms with Crippen molar-refractivity contribution in [1.82, 2.24) is 0 Å². The molecule has 0 aromatic heterocycles. The number of hydrogen-bond donors (Lipinski definition) is 1. The summed E-state index contributed by atoms with van der Waals surface area (Å²) in [5.74, 6) is 0.295. The van der Waals surface area contributed by atoms with Crippen LogP contribution in [0.5, 0.6) is 5.75 Å². The van der Waals surface area contributed by atoms with E-state index in [2.05, 4.69) is 6.07 Å². The van der Waals surface area contributed by atoms with E-state index in [0.717, 1.165) is 11.1 Å². The van der Waals surface area contributed by atoms with Crippen molar-refractivity contribution in [2.24, 2.45) is 0 Å². The molecule has 0 aliphatic rings. The maximum Gasteiger partial charge on any atom is 0.115 e. The number of rotatable bonds is 1. The van der Waals surface area contributed by atoms with Gasteiger partial charge in [-0.25, -0.2) is 0 Å². The molecule has 13 heavy (non-hydrogen) atoms. The number of benzene rings is 2. The Morgan fingerprint density at radius 3 is 2.31 bits per heavy atom. The summed E-state index contributed by atoms with van der Waals surface area (Å²) >= 11 is 0. The van der Waals surface area contributed by atoms with Gasteiger partial charge in [0.1, 0.15) is 5.75 Å². The lowest BCUT2D eigenvalue weighted by Crippen LogP contribution is -1.75. The molecule has 63 valence electrons. The molecule has 0 atom stereocenters. The van der Waals surface area contributed by atoms with Crippen molar-refractivity contribution in [2.75, 3.05) is 0 Å². The maximum absolute atomic E-state index is 9.10. The molecule has 0 unspecified atom stereocenters. The molecule has 0 aliphatic carbocycles. The molecule has 0 aliphatic heterocycles. The number of phenols is 1. The second-order valence-electron chi connectivity index (χ2n) is 2.84. The zero-order valence-corrected chi connectivity index (χ0v) is 7.07. The van der Waals surface area contributed by atoms with Crippen LogP contribution in [-0.4, -0.2) is 5.11 Å². The SMILES string of the molecule is Oc1ccc(-c2c[c]ccc2)cc1. The molecule has 2 aromatic rings. The van der Waals surface area contributed by atoms with Crippen LogP contribution in [0.25, 0.3) is 11.1 Å². The van der Waals surface area contributed by atoms with Crippen LogP contribution in [0.3, 0.4) is 0 Å². The smallest absolute Gasteiger partial charge is 0.115 e. The van der Waals surface area contributed by atoms with Gasteiger partial charge < -0.3 is 5.11 Å². The van der Waals surface area contributed by atoms with Gasteiger partial charge in [-0.05, 0) is 35.4 Å². The topological polar surface area (TPSA) is 20.2 Å². The predicted octanol–water partition coefficient (Wildman–Crippen LogP) is 2.86. The van der Waals surface area contributed by atoms with Gasteiger partial charge in [0.05, 0.1) is 0 Å². The molecular formula is C12H9O. The molecule has 1 heteroatoms. The third-order valence-electron chi connectivity index (χ3n) is 1.91. The summed E-state index contributed by atoms with van der Waals surface area (Å²) in [6, 6.07) is 17.9. The van der Waals surface area contributed by atoms with Gasteiger partial charge in [-0.15, -0.1) is 0 Å². The van der Waals surface area contributed by atoms with Gasteiger partial charge in [-0.1, -0.05) is 30.3 Å². The average molecular weight is 169 g/mol. The Kier molecular flexibility index (Phi) is 2.01. The molecule has 0 saturated carbocycles. The fourth-order valence-electron chi connectivity index (χ4n) is 1.23. The van der Waals surface area contributed by atoms with E-state index in [1.54, 1.807) is 12.1 Å². The summed E-state index contributed by atoms with van der Waals surface area (Å²) in [5, 5.41) is 9.10. The number of aromatic hydroxyl groups is 1. The molecule has 0 heterocycles. The van der Waals surface area contributed by atoms with Crippen molar-refractivity contribution in [1.29, 1.82) is 0 Å². The van der Waals surface area contributed by atoms with Gasteiger partial charge in [0.15, 0.2) is 0 Å². The second kappa shape index (κ2) is 3.31. The second-order valence-corrected chi connectivity index (χ2v) is 2.84. The maximum atomic E-state index is 9.10. The largest absolute Gasteiger partial charge is 0.508 e. The number of phenolic OH excluding ortho intramolecular Hbond substituents is 1. The quantitative estimate of drug-likeness (QED) is 0.696. The highest BCUT2D eigenvalue weighted by Gasteiger charge is 1.94. The standard InChI is InChI=1S/C12H9O/c13-12-8-6-11(7-9-12)10-4-2-1-3-5-10/h1-2,4-9,13H. The minimum atomic E-state index is 0.295. The van der Waals surface area contributed by atoms with Crippen LogP contribution in [0.15, 0.2) is 48.5 Å². The van der Waals surface area contributed by atoms with Crippen molar-refractivity contribution in [3.8, 4) is 16.9 Å². The van der Waals surface area contributed by atoms with Crippen LogP contribution in [0.2, 0.25) is 0 Å². The van der Waals surface area contributed by atoms with E-state index in [-0.39, 0.29) is 0 Å². The molecule has 0 bridgehead atoms. The van der Waals surface area contributed by atoms with E-state index < -0.39 is 0 Å². The van der Waals surface area contributed by atoms with E-state index in [1.165, 1.54) is 0 Å². The summed E-state index contributed by atoms with van der Waals surface area (Å²) in [7, 11) is 0.